The number of fused-ring (bicyclic) bond motifs is 2. The van der Waals surface area contributed by atoms with Crippen LogP contribution in [-0.2, 0) is 11.3 Å². The lowest BCUT2D eigenvalue weighted by Crippen LogP contribution is -2.19. The summed E-state index contributed by atoms with van der Waals surface area (Å²) in [6.45, 7) is 0.543. The number of aliphatic hydroxyl groups is 1. The molecule has 2 aromatic heterocycles. The number of halogens is 2. The fourth-order valence-electron chi connectivity index (χ4n) is 3.72. The first kappa shape index (κ1) is 17.7. The van der Waals surface area contributed by atoms with Crippen LogP contribution in [0.4, 0.5) is 4.39 Å². The van der Waals surface area contributed by atoms with Gasteiger partial charge in [0.05, 0.1) is 29.0 Å². The summed E-state index contributed by atoms with van der Waals surface area (Å²) in [6, 6.07) is 8.83. The summed E-state index contributed by atoms with van der Waals surface area (Å²) >= 11 is 3.32. The SMILES string of the molecule is OCc1nn(C2CCCCO2)c2cc(-n3nnc4c(F)cc(Br)cc43)ccc12. The standard InChI is InChI=1S/C19H17BrFN5O2/c20-11-7-14(21)19-17(8-11)25(24-22-19)12-4-5-13-15(10-27)23-26(16(13)9-12)18-3-1-2-6-28-18/h4-5,7-9,18,27H,1-3,6,10H2. The molecule has 7 nitrogen and oxygen atoms in total. The molecule has 1 fully saturated rings. The number of rotatable bonds is 3. The first-order valence-electron chi connectivity index (χ1n) is 9.10. The van der Waals surface area contributed by atoms with E-state index in [1.54, 1.807) is 10.7 Å². The fraction of sp³-hybridized carbons (Fsp3) is 0.316. The van der Waals surface area contributed by atoms with Gasteiger partial charge in [0.25, 0.3) is 0 Å². The lowest BCUT2D eigenvalue weighted by Gasteiger charge is -2.23. The Morgan fingerprint density at radius 2 is 2.11 bits per heavy atom. The molecule has 144 valence electrons. The highest BCUT2D eigenvalue weighted by Crippen LogP contribution is 2.30. The number of hydrogen-bond acceptors (Lipinski definition) is 5. The van der Waals surface area contributed by atoms with Gasteiger partial charge < -0.3 is 9.84 Å². The Balaban J connectivity index is 1.69. The van der Waals surface area contributed by atoms with Crippen molar-refractivity contribution in [1.82, 2.24) is 24.8 Å². The second-order valence-corrected chi connectivity index (χ2v) is 7.74. The number of nitrogens with zero attached hydrogens (tertiary/aromatic N) is 5. The Hall–Kier alpha value is -2.36. The van der Waals surface area contributed by atoms with Gasteiger partial charge in [-0.2, -0.15) is 5.10 Å². The van der Waals surface area contributed by atoms with E-state index >= 15 is 0 Å². The van der Waals surface area contributed by atoms with Crippen molar-refractivity contribution in [2.75, 3.05) is 6.61 Å². The molecular weight excluding hydrogens is 429 g/mol. The van der Waals surface area contributed by atoms with Crippen molar-refractivity contribution < 1.29 is 14.2 Å². The van der Waals surface area contributed by atoms with E-state index in [0.29, 0.717) is 22.3 Å². The Labute approximate surface area is 167 Å². The summed E-state index contributed by atoms with van der Waals surface area (Å²) in [4.78, 5) is 0. The van der Waals surface area contributed by atoms with Crippen LogP contribution in [0.15, 0.2) is 34.8 Å². The van der Waals surface area contributed by atoms with E-state index in [9.17, 15) is 9.50 Å². The smallest absolute Gasteiger partial charge is 0.154 e. The Kier molecular flexibility index (Phi) is 4.37. The van der Waals surface area contributed by atoms with E-state index in [4.69, 9.17) is 4.74 Å². The molecule has 5 rings (SSSR count). The molecular formula is C19H17BrFN5O2. The normalized spacial score (nSPS) is 17.6. The molecule has 2 aromatic carbocycles. The zero-order chi connectivity index (χ0) is 19.3. The van der Waals surface area contributed by atoms with Crippen LogP contribution in [0, 0.1) is 5.82 Å². The molecule has 28 heavy (non-hydrogen) atoms. The fourth-order valence-corrected chi connectivity index (χ4v) is 4.14. The quantitative estimate of drug-likeness (QED) is 0.517. The van der Waals surface area contributed by atoms with Crippen molar-refractivity contribution in [3.8, 4) is 5.69 Å². The number of aromatic nitrogens is 5. The number of benzene rings is 2. The second kappa shape index (κ2) is 6.91. The summed E-state index contributed by atoms with van der Waals surface area (Å²) in [7, 11) is 0. The number of ether oxygens (including phenoxy) is 1. The van der Waals surface area contributed by atoms with Crippen LogP contribution in [0.5, 0.6) is 0 Å². The molecule has 0 saturated carbocycles. The maximum atomic E-state index is 14.2. The minimum atomic E-state index is -0.431. The molecule has 9 heteroatoms. The molecule has 0 radical (unpaired) electrons. The van der Waals surface area contributed by atoms with Gasteiger partial charge >= 0.3 is 0 Å². The van der Waals surface area contributed by atoms with E-state index in [1.807, 2.05) is 22.9 Å². The molecule has 0 amide bonds. The zero-order valence-corrected chi connectivity index (χ0v) is 16.4. The van der Waals surface area contributed by atoms with Crippen LogP contribution in [-0.4, -0.2) is 36.5 Å². The molecule has 4 aromatic rings. The van der Waals surface area contributed by atoms with Gasteiger partial charge in [0.2, 0.25) is 0 Å². The minimum absolute atomic E-state index is 0.153. The van der Waals surface area contributed by atoms with Crippen LogP contribution >= 0.6 is 15.9 Å². The maximum absolute atomic E-state index is 14.2. The van der Waals surface area contributed by atoms with Crippen molar-refractivity contribution in [2.24, 2.45) is 0 Å². The monoisotopic (exact) mass is 445 g/mol. The Bertz CT molecular complexity index is 1180. The van der Waals surface area contributed by atoms with Gasteiger partial charge in [-0.15, -0.1) is 5.10 Å². The third kappa shape index (κ3) is 2.81. The highest BCUT2D eigenvalue weighted by molar-refractivity contribution is 9.10. The summed E-state index contributed by atoms with van der Waals surface area (Å²) < 4.78 is 24.1. The van der Waals surface area contributed by atoms with Gasteiger partial charge in [0.15, 0.2) is 12.0 Å². The van der Waals surface area contributed by atoms with E-state index in [2.05, 4.69) is 31.3 Å². The third-order valence-corrected chi connectivity index (χ3v) is 5.52. The van der Waals surface area contributed by atoms with Crippen LogP contribution in [0.25, 0.3) is 27.6 Å². The largest absolute Gasteiger partial charge is 0.390 e. The van der Waals surface area contributed by atoms with Crippen LogP contribution < -0.4 is 0 Å². The molecule has 1 unspecified atom stereocenters. The molecule has 1 aliphatic heterocycles. The molecule has 1 aliphatic rings. The lowest BCUT2D eigenvalue weighted by atomic mass is 10.1. The summed E-state index contributed by atoms with van der Waals surface area (Å²) in [5, 5.41) is 23.3. The molecule has 3 heterocycles. The predicted molar refractivity (Wildman–Crippen MR) is 105 cm³/mol. The molecule has 0 bridgehead atoms. The van der Waals surface area contributed by atoms with Crippen LogP contribution in [0.3, 0.4) is 0 Å². The topological polar surface area (TPSA) is 78.0 Å². The third-order valence-electron chi connectivity index (χ3n) is 5.06. The maximum Gasteiger partial charge on any atom is 0.154 e. The Morgan fingerprint density at radius 3 is 2.89 bits per heavy atom. The van der Waals surface area contributed by atoms with Crippen LogP contribution in [0.2, 0.25) is 0 Å². The summed E-state index contributed by atoms with van der Waals surface area (Å²) in [5.41, 5.74) is 2.95. The predicted octanol–water partition coefficient (Wildman–Crippen LogP) is 3.86. The average molecular weight is 446 g/mol. The molecule has 1 N–H and O–H groups in total. The van der Waals surface area contributed by atoms with Crippen LogP contribution in [0.1, 0.15) is 31.2 Å². The minimum Gasteiger partial charge on any atom is -0.390 e. The van der Waals surface area contributed by atoms with E-state index < -0.39 is 5.82 Å². The van der Waals surface area contributed by atoms with E-state index in [1.165, 1.54) is 6.07 Å². The highest BCUT2D eigenvalue weighted by Gasteiger charge is 2.22. The lowest BCUT2D eigenvalue weighted by molar-refractivity contribution is -0.0370. The first-order valence-corrected chi connectivity index (χ1v) is 9.89. The van der Waals surface area contributed by atoms with E-state index in [-0.39, 0.29) is 18.4 Å². The van der Waals surface area contributed by atoms with Crippen molar-refractivity contribution in [2.45, 2.75) is 32.1 Å². The van der Waals surface area contributed by atoms with Crippen molar-refractivity contribution in [1.29, 1.82) is 0 Å². The number of hydrogen-bond donors (Lipinski definition) is 1. The average Bonchev–Trinajstić information content (AvgIpc) is 3.29. The van der Waals surface area contributed by atoms with Gasteiger partial charge in [-0.05, 0) is 49.6 Å². The molecule has 1 atom stereocenters. The number of aliphatic hydroxyl groups excluding tert-OH is 1. The summed E-state index contributed by atoms with van der Waals surface area (Å²) in [5.74, 6) is -0.431. The molecule has 0 aliphatic carbocycles. The molecule has 1 saturated heterocycles. The van der Waals surface area contributed by atoms with Gasteiger partial charge in [-0.1, -0.05) is 21.1 Å². The summed E-state index contributed by atoms with van der Waals surface area (Å²) in [6.07, 6.45) is 2.82. The van der Waals surface area contributed by atoms with Crippen molar-refractivity contribution in [3.63, 3.8) is 0 Å². The first-order chi connectivity index (χ1) is 13.7. The van der Waals surface area contributed by atoms with Gasteiger partial charge in [-0.3, -0.25) is 0 Å². The highest BCUT2D eigenvalue weighted by atomic mass is 79.9. The van der Waals surface area contributed by atoms with Gasteiger partial charge in [-0.25, -0.2) is 13.8 Å². The Morgan fingerprint density at radius 1 is 1.21 bits per heavy atom. The molecule has 0 spiro atoms. The zero-order valence-electron chi connectivity index (χ0n) is 14.8. The van der Waals surface area contributed by atoms with Crippen molar-refractivity contribution in [3.05, 3.63) is 46.3 Å². The van der Waals surface area contributed by atoms with Gasteiger partial charge in [0.1, 0.15) is 5.52 Å². The van der Waals surface area contributed by atoms with Crippen molar-refractivity contribution >= 4 is 37.9 Å². The van der Waals surface area contributed by atoms with E-state index in [0.717, 1.165) is 35.9 Å². The van der Waals surface area contributed by atoms with Gasteiger partial charge in [0, 0.05) is 16.5 Å². The second-order valence-electron chi connectivity index (χ2n) is 6.83.